The van der Waals surface area contributed by atoms with Crippen LogP contribution in [0.15, 0.2) is 36.4 Å². The normalized spacial score (nSPS) is 10.5. The fourth-order valence-electron chi connectivity index (χ4n) is 2.75. The zero-order valence-electron chi connectivity index (χ0n) is 14.2. The largest absolute Gasteiger partial charge is 0.477 e. The molecule has 1 N–H and O–H groups in total. The van der Waals surface area contributed by atoms with Gasteiger partial charge in [0, 0.05) is 15.3 Å². The molecule has 2 heterocycles. The van der Waals surface area contributed by atoms with Crippen LogP contribution in [0.5, 0.6) is 0 Å². The van der Waals surface area contributed by atoms with E-state index in [4.69, 9.17) is 0 Å². The summed E-state index contributed by atoms with van der Waals surface area (Å²) in [6.07, 6.45) is 0.620. The third kappa shape index (κ3) is 3.19. The maximum absolute atomic E-state index is 11.6. The molecule has 0 atom stereocenters. The van der Waals surface area contributed by atoms with Crippen LogP contribution in [0, 0.1) is 11.3 Å². The van der Waals surface area contributed by atoms with Gasteiger partial charge in [0.2, 0.25) is 0 Å². The molecule has 3 aromatic rings. The highest BCUT2D eigenvalue weighted by atomic mass is 32.1. The van der Waals surface area contributed by atoms with Gasteiger partial charge in [-0.1, -0.05) is 31.2 Å². The number of rotatable bonds is 5. The molecule has 0 aliphatic rings. The standard InChI is InChI=1S/C20H15NO3S2/c1-3-15-14(10-21)18(19(26-15)20(23)24)13-6-4-12(5-7-13)17-9-8-16(25-17)11(2)22/h4-9H,3H2,1-2H3,(H,23,24). The molecule has 0 saturated carbocycles. The molecule has 130 valence electrons. The Morgan fingerprint density at radius 1 is 1.08 bits per heavy atom. The fraction of sp³-hybridized carbons (Fsp3) is 0.150. The lowest BCUT2D eigenvalue weighted by Crippen LogP contribution is -1.95. The number of nitrogens with zero attached hydrogens (tertiary/aromatic N) is 1. The van der Waals surface area contributed by atoms with Crippen molar-refractivity contribution >= 4 is 34.4 Å². The highest BCUT2D eigenvalue weighted by Crippen LogP contribution is 2.38. The summed E-state index contributed by atoms with van der Waals surface area (Å²) >= 11 is 2.59. The van der Waals surface area contributed by atoms with Crippen LogP contribution in [0.3, 0.4) is 0 Å². The quantitative estimate of drug-likeness (QED) is 0.594. The van der Waals surface area contributed by atoms with Gasteiger partial charge in [0.15, 0.2) is 5.78 Å². The van der Waals surface area contributed by atoms with Crippen molar-refractivity contribution in [1.82, 2.24) is 0 Å². The van der Waals surface area contributed by atoms with E-state index in [1.165, 1.54) is 18.3 Å². The monoisotopic (exact) mass is 381 g/mol. The molecule has 0 radical (unpaired) electrons. The van der Waals surface area contributed by atoms with Crippen molar-refractivity contribution in [3.05, 3.63) is 56.6 Å². The number of hydrogen-bond acceptors (Lipinski definition) is 5. The van der Waals surface area contributed by atoms with E-state index in [-0.39, 0.29) is 10.7 Å². The first-order chi connectivity index (χ1) is 12.5. The molecule has 0 aliphatic heterocycles. The number of Topliss-reactive ketones (excluding diaryl/α,β-unsaturated/α-hetero) is 1. The van der Waals surface area contributed by atoms with Crippen LogP contribution >= 0.6 is 22.7 Å². The zero-order valence-corrected chi connectivity index (χ0v) is 15.8. The van der Waals surface area contributed by atoms with E-state index in [9.17, 15) is 20.0 Å². The Labute approximate surface area is 159 Å². The average Bonchev–Trinajstić information content (AvgIpc) is 3.26. The molecule has 0 spiro atoms. The highest BCUT2D eigenvalue weighted by molar-refractivity contribution is 7.17. The van der Waals surface area contributed by atoms with Crippen LogP contribution < -0.4 is 0 Å². The molecule has 0 amide bonds. The number of aryl methyl sites for hydroxylation is 1. The van der Waals surface area contributed by atoms with E-state index >= 15 is 0 Å². The average molecular weight is 381 g/mol. The Morgan fingerprint density at radius 3 is 2.23 bits per heavy atom. The summed E-state index contributed by atoms with van der Waals surface area (Å²) in [6.45, 7) is 3.45. The van der Waals surface area contributed by atoms with E-state index in [1.807, 2.05) is 37.3 Å². The van der Waals surface area contributed by atoms with Gasteiger partial charge in [-0.25, -0.2) is 4.79 Å². The van der Waals surface area contributed by atoms with Crippen LogP contribution in [0.2, 0.25) is 0 Å². The van der Waals surface area contributed by atoms with Crippen molar-refractivity contribution < 1.29 is 14.7 Å². The second kappa shape index (κ2) is 7.24. The van der Waals surface area contributed by atoms with E-state index < -0.39 is 5.97 Å². The highest BCUT2D eigenvalue weighted by Gasteiger charge is 2.23. The predicted octanol–water partition coefficient (Wildman–Crippen LogP) is 5.48. The van der Waals surface area contributed by atoms with Gasteiger partial charge in [-0.05, 0) is 36.6 Å². The molecular weight excluding hydrogens is 366 g/mol. The minimum Gasteiger partial charge on any atom is -0.477 e. The van der Waals surface area contributed by atoms with E-state index in [0.29, 0.717) is 28.0 Å². The summed E-state index contributed by atoms with van der Waals surface area (Å²) in [5.41, 5.74) is 2.59. The number of carbonyl (C=O) groups excluding carboxylic acids is 1. The van der Waals surface area contributed by atoms with Gasteiger partial charge in [-0.2, -0.15) is 5.26 Å². The molecule has 0 aliphatic carbocycles. The summed E-state index contributed by atoms with van der Waals surface area (Å²) in [5, 5.41) is 19.0. The number of benzene rings is 1. The number of carbonyl (C=O) groups is 2. The Hall–Kier alpha value is -2.75. The number of ketones is 1. The molecular formula is C20H15NO3S2. The summed E-state index contributed by atoms with van der Waals surface area (Å²) < 4.78 is 0. The third-order valence-corrected chi connectivity index (χ3v) is 6.58. The molecule has 0 unspecified atom stereocenters. The lowest BCUT2D eigenvalue weighted by molar-refractivity contribution is 0.0702. The molecule has 6 heteroatoms. The number of carboxylic acids is 1. The maximum atomic E-state index is 11.6. The van der Waals surface area contributed by atoms with Gasteiger partial charge < -0.3 is 5.11 Å². The van der Waals surface area contributed by atoms with Crippen LogP contribution in [0.1, 0.15) is 43.6 Å². The number of aromatic carboxylic acids is 1. The molecule has 4 nitrogen and oxygen atoms in total. The Kier molecular flexibility index (Phi) is 5.03. The number of nitriles is 1. The lowest BCUT2D eigenvalue weighted by atomic mass is 9.98. The molecule has 1 aromatic carbocycles. The number of carboxylic acid groups (broad SMARTS) is 1. The van der Waals surface area contributed by atoms with Gasteiger partial charge in [-0.3, -0.25) is 4.79 Å². The molecule has 0 saturated heterocycles. The zero-order chi connectivity index (χ0) is 18.8. The smallest absolute Gasteiger partial charge is 0.346 e. The summed E-state index contributed by atoms with van der Waals surface area (Å²) in [4.78, 5) is 25.7. The van der Waals surface area contributed by atoms with Crippen LogP contribution in [-0.4, -0.2) is 16.9 Å². The molecule has 26 heavy (non-hydrogen) atoms. The SMILES string of the molecule is CCc1sc(C(=O)O)c(-c2ccc(-c3ccc(C(C)=O)s3)cc2)c1C#N. The Balaban J connectivity index is 2.06. The Morgan fingerprint density at radius 2 is 1.73 bits per heavy atom. The van der Waals surface area contributed by atoms with Crippen LogP contribution in [0.25, 0.3) is 21.6 Å². The lowest BCUT2D eigenvalue weighted by Gasteiger charge is -2.04. The first-order valence-corrected chi connectivity index (χ1v) is 9.60. The number of thiophene rings is 2. The van der Waals surface area contributed by atoms with Crippen molar-refractivity contribution in [2.45, 2.75) is 20.3 Å². The van der Waals surface area contributed by atoms with Crippen molar-refractivity contribution in [2.24, 2.45) is 0 Å². The Bertz CT molecular complexity index is 1040. The van der Waals surface area contributed by atoms with Crippen LogP contribution in [-0.2, 0) is 6.42 Å². The van der Waals surface area contributed by atoms with E-state index in [2.05, 4.69) is 6.07 Å². The van der Waals surface area contributed by atoms with E-state index in [1.54, 1.807) is 6.07 Å². The molecule has 0 bridgehead atoms. The first-order valence-electron chi connectivity index (χ1n) is 7.96. The van der Waals surface area contributed by atoms with Crippen molar-refractivity contribution in [1.29, 1.82) is 5.26 Å². The first kappa shape index (κ1) is 18.1. The minimum atomic E-state index is -1.02. The predicted molar refractivity (Wildman–Crippen MR) is 104 cm³/mol. The summed E-state index contributed by atoms with van der Waals surface area (Å²) in [7, 11) is 0. The van der Waals surface area contributed by atoms with E-state index in [0.717, 1.165) is 26.7 Å². The van der Waals surface area contributed by atoms with Gasteiger partial charge in [0.25, 0.3) is 0 Å². The molecule has 2 aromatic heterocycles. The van der Waals surface area contributed by atoms with Crippen molar-refractivity contribution in [3.63, 3.8) is 0 Å². The summed E-state index contributed by atoms with van der Waals surface area (Å²) in [6, 6.07) is 13.3. The second-order valence-electron chi connectivity index (χ2n) is 5.67. The fourth-order valence-corrected chi connectivity index (χ4v) is 4.71. The van der Waals surface area contributed by atoms with Gasteiger partial charge in [0.05, 0.1) is 10.4 Å². The van der Waals surface area contributed by atoms with Crippen molar-refractivity contribution in [3.8, 4) is 27.6 Å². The summed E-state index contributed by atoms with van der Waals surface area (Å²) in [5.74, 6) is -0.984. The second-order valence-corrected chi connectivity index (χ2v) is 7.86. The molecule has 0 fully saturated rings. The maximum Gasteiger partial charge on any atom is 0.346 e. The van der Waals surface area contributed by atoms with Crippen LogP contribution in [0.4, 0.5) is 0 Å². The topological polar surface area (TPSA) is 78.2 Å². The minimum absolute atomic E-state index is 0.0352. The van der Waals surface area contributed by atoms with Crippen molar-refractivity contribution in [2.75, 3.05) is 0 Å². The third-order valence-electron chi connectivity index (χ3n) is 4.02. The van der Waals surface area contributed by atoms with Gasteiger partial charge >= 0.3 is 5.97 Å². The number of hydrogen-bond donors (Lipinski definition) is 1. The molecule has 3 rings (SSSR count). The van der Waals surface area contributed by atoms with Gasteiger partial charge in [-0.15, -0.1) is 22.7 Å². The van der Waals surface area contributed by atoms with Gasteiger partial charge in [0.1, 0.15) is 10.9 Å².